The molecule has 1 aliphatic rings. The molecule has 2 amide bonds. The summed E-state index contributed by atoms with van der Waals surface area (Å²) in [5.74, 6) is 0. The van der Waals surface area contributed by atoms with E-state index in [1.807, 2.05) is 40.1 Å². The van der Waals surface area contributed by atoms with Gasteiger partial charge in [-0.3, -0.25) is 4.57 Å². The van der Waals surface area contributed by atoms with Crippen molar-refractivity contribution < 1.29 is 4.79 Å². The van der Waals surface area contributed by atoms with E-state index in [9.17, 15) is 4.79 Å². The van der Waals surface area contributed by atoms with Crippen molar-refractivity contribution >= 4 is 38.9 Å². The van der Waals surface area contributed by atoms with Gasteiger partial charge in [-0.15, -0.1) is 22.7 Å². The highest BCUT2D eigenvalue weighted by Crippen LogP contribution is 2.23. The molecule has 0 saturated carbocycles. The summed E-state index contributed by atoms with van der Waals surface area (Å²) in [6.45, 7) is 3.65. The molecule has 1 fully saturated rings. The second-order valence-corrected chi connectivity index (χ2v) is 7.64. The van der Waals surface area contributed by atoms with E-state index in [1.165, 1.54) is 16.0 Å². The highest BCUT2D eigenvalue weighted by molar-refractivity contribution is 7.18. The van der Waals surface area contributed by atoms with Crippen LogP contribution < -0.4 is 4.80 Å². The Labute approximate surface area is 141 Å². The molecular formula is C16H16N4OS2. The Morgan fingerprint density at radius 3 is 2.96 bits per heavy atom. The maximum Gasteiger partial charge on any atom is 0.346 e. The third-order valence-electron chi connectivity index (χ3n) is 3.91. The smallest absolute Gasteiger partial charge is 0.323 e. The number of amides is 2. The van der Waals surface area contributed by atoms with Gasteiger partial charge in [-0.1, -0.05) is 0 Å². The summed E-state index contributed by atoms with van der Waals surface area (Å²) >= 11 is 3.16. The Balaban J connectivity index is 1.74. The van der Waals surface area contributed by atoms with E-state index in [-0.39, 0.29) is 6.03 Å². The predicted octanol–water partition coefficient (Wildman–Crippen LogP) is 3.57. The van der Waals surface area contributed by atoms with Gasteiger partial charge in [-0.25, -0.2) is 9.78 Å². The molecule has 5 nitrogen and oxygen atoms in total. The average molecular weight is 344 g/mol. The van der Waals surface area contributed by atoms with Gasteiger partial charge in [0, 0.05) is 24.7 Å². The van der Waals surface area contributed by atoms with Crippen molar-refractivity contribution in [3.05, 3.63) is 39.6 Å². The van der Waals surface area contributed by atoms with Gasteiger partial charge in [0.1, 0.15) is 0 Å². The zero-order valence-electron chi connectivity index (χ0n) is 12.7. The van der Waals surface area contributed by atoms with Crippen molar-refractivity contribution in [1.29, 1.82) is 0 Å². The quantitative estimate of drug-likeness (QED) is 0.677. The molecule has 0 radical (unpaired) electrons. The summed E-state index contributed by atoms with van der Waals surface area (Å²) < 4.78 is 3.13. The first-order valence-corrected chi connectivity index (χ1v) is 9.28. The number of aromatic nitrogens is 2. The SMILES string of the molecule is Cc1nc2cc(-n3ccsc3=NC(=O)N3CCCC3)ccc2s1. The fourth-order valence-corrected chi connectivity index (χ4v) is 4.31. The summed E-state index contributed by atoms with van der Waals surface area (Å²) in [5.41, 5.74) is 1.97. The third kappa shape index (κ3) is 2.82. The summed E-state index contributed by atoms with van der Waals surface area (Å²) in [4.78, 5) is 23.6. The topological polar surface area (TPSA) is 50.5 Å². The minimum atomic E-state index is -0.135. The van der Waals surface area contributed by atoms with Crippen LogP contribution in [0, 0.1) is 6.92 Å². The van der Waals surface area contributed by atoms with E-state index in [1.54, 1.807) is 11.3 Å². The van der Waals surface area contributed by atoms with Crippen molar-refractivity contribution in [2.24, 2.45) is 4.99 Å². The molecule has 1 saturated heterocycles. The number of carbonyl (C=O) groups is 1. The number of benzene rings is 1. The van der Waals surface area contributed by atoms with Crippen LogP contribution in [0.2, 0.25) is 0 Å². The average Bonchev–Trinajstić information content (AvgIpc) is 3.26. The van der Waals surface area contributed by atoms with Crippen LogP contribution in [0.5, 0.6) is 0 Å². The van der Waals surface area contributed by atoms with Crippen LogP contribution in [0.3, 0.4) is 0 Å². The van der Waals surface area contributed by atoms with Gasteiger partial charge in [0.25, 0.3) is 0 Å². The van der Waals surface area contributed by atoms with Crippen LogP contribution in [0.4, 0.5) is 4.79 Å². The van der Waals surface area contributed by atoms with Gasteiger partial charge in [-0.2, -0.15) is 4.99 Å². The highest BCUT2D eigenvalue weighted by Gasteiger charge is 2.17. The predicted molar refractivity (Wildman–Crippen MR) is 93.3 cm³/mol. The van der Waals surface area contributed by atoms with Gasteiger partial charge in [0.2, 0.25) is 0 Å². The number of fused-ring (bicyclic) bond motifs is 1. The molecule has 0 spiro atoms. The number of aryl methyl sites for hydroxylation is 1. The minimum absolute atomic E-state index is 0.135. The summed E-state index contributed by atoms with van der Waals surface area (Å²) in [7, 11) is 0. The summed E-state index contributed by atoms with van der Waals surface area (Å²) in [5, 5.41) is 3.01. The molecule has 118 valence electrons. The fourth-order valence-electron chi connectivity index (χ4n) is 2.79. The molecule has 3 heterocycles. The zero-order chi connectivity index (χ0) is 15.8. The maximum atomic E-state index is 12.3. The van der Waals surface area contributed by atoms with Crippen LogP contribution in [-0.4, -0.2) is 33.6 Å². The third-order valence-corrected chi connectivity index (χ3v) is 5.62. The number of hydrogen-bond acceptors (Lipinski definition) is 4. The Kier molecular flexibility index (Phi) is 3.74. The second-order valence-electron chi connectivity index (χ2n) is 5.53. The Morgan fingerprint density at radius 2 is 2.13 bits per heavy atom. The van der Waals surface area contributed by atoms with Gasteiger partial charge < -0.3 is 4.90 Å². The van der Waals surface area contributed by atoms with Crippen molar-refractivity contribution in [2.75, 3.05) is 13.1 Å². The number of rotatable bonds is 1. The Morgan fingerprint density at radius 1 is 1.30 bits per heavy atom. The number of hydrogen-bond donors (Lipinski definition) is 0. The molecule has 7 heteroatoms. The zero-order valence-corrected chi connectivity index (χ0v) is 14.4. The number of likely N-dealkylation sites (tertiary alicyclic amines) is 1. The first-order valence-electron chi connectivity index (χ1n) is 7.58. The Bertz CT molecular complexity index is 931. The van der Waals surface area contributed by atoms with Gasteiger partial charge >= 0.3 is 6.03 Å². The molecule has 4 rings (SSSR count). The van der Waals surface area contributed by atoms with E-state index in [4.69, 9.17) is 0 Å². The Hall–Kier alpha value is -1.99. The van der Waals surface area contributed by atoms with E-state index in [0.717, 1.165) is 42.1 Å². The van der Waals surface area contributed by atoms with Gasteiger partial charge in [0.15, 0.2) is 4.80 Å². The first kappa shape index (κ1) is 14.6. The lowest BCUT2D eigenvalue weighted by Crippen LogP contribution is -2.27. The van der Waals surface area contributed by atoms with E-state index in [0.29, 0.717) is 4.80 Å². The highest BCUT2D eigenvalue weighted by atomic mass is 32.1. The molecule has 3 aromatic rings. The maximum absolute atomic E-state index is 12.3. The van der Waals surface area contributed by atoms with Crippen LogP contribution in [0.1, 0.15) is 17.8 Å². The van der Waals surface area contributed by atoms with Crippen molar-refractivity contribution in [1.82, 2.24) is 14.5 Å². The van der Waals surface area contributed by atoms with Crippen molar-refractivity contribution in [3.63, 3.8) is 0 Å². The molecule has 23 heavy (non-hydrogen) atoms. The lowest BCUT2D eigenvalue weighted by Gasteiger charge is -2.10. The summed E-state index contributed by atoms with van der Waals surface area (Å²) in [6, 6.07) is 6.03. The van der Waals surface area contributed by atoms with Crippen LogP contribution >= 0.6 is 22.7 Å². The number of carbonyl (C=O) groups excluding carboxylic acids is 1. The van der Waals surface area contributed by atoms with Crippen molar-refractivity contribution in [3.8, 4) is 5.69 Å². The van der Waals surface area contributed by atoms with Crippen LogP contribution in [0.15, 0.2) is 34.8 Å². The second kappa shape index (κ2) is 5.90. The van der Waals surface area contributed by atoms with E-state index in [2.05, 4.69) is 16.0 Å². The molecule has 0 unspecified atom stereocenters. The van der Waals surface area contributed by atoms with Crippen LogP contribution in [-0.2, 0) is 0 Å². The lowest BCUT2D eigenvalue weighted by atomic mass is 10.3. The first-order chi connectivity index (χ1) is 11.2. The minimum Gasteiger partial charge on any atom is -0.323 e. The van der Waals surface area contributed by atoms with E-state index < -0.39 is 0 Å². The molecular weight excluding hydrogens is 328 g/mol. The summed E-state index contributed by atoms with van der Waals surface area (Å²) in [6.07, 6.45) is 4.10. The number of urea groups is 1. The van der Waals surface area contributed by atoms with Crippen LogP contribution in [0.25, 0.3) is 15.9 Å². The molecule has 0 atom stereocenters. The van der Waals surface area contributed by atoms with Gasteiger partial charge in [0.05, 0.1) is 20.9 Å². The molecule has 1 aliphatic heterocycles. The standard InChI is InChI=1S/C16H16N4OS2/c1-11-17-13-10-12(4-5-14(13)23-11)20-8-9-22-16(20)18-15(21)19-6-2-3-7-19/h4-5,8-10H,2-3,6-7H2,1H3. The molecule has 0 N–H and O–H groups in total. The molecule has 1 aromatic carbocycles. The van der Waals surface area contributed by atoms with Gasteiger partial charge in [-0.05, 0) is 38.0 Å². The monoisotopic (exact) mass is 344 g/mol. The number of thiazole rings is 2. The van der Waals surface area contributed by atoms with Crippen molar-refractivity contribution in [2.45, 2.75) is 19.8 Å². The fraction of sp³-hybridized carbons (Fsp3) is 0.312. The largest absolute Gasteiger partial charge is 0.346 e. The molecule has 0 aliphatic carbocycles. The normalized spacial score (nSPS) is 15.7. The molecule has 0 bridgehead atoms. The number of nitrogens with zero attached hydrogens (tertiary/aromatic N) is 4. The lowest BCUT2D eigenvalue weighted by molar-refractivity contribution is 0.218. The van der Waals surface area contributed by atoms with E-state index >= 15 is 0 Å². The molecule has 2 aromatic heterocycles.